The van der Waals surface area contributed by atoms with Crippen LogP contribution in [0.25, 0.3) is 68.0 Å². The Morgan fingerprint density at radius 2 is 1.05 bits per heavy atom. The van der Waals surface area contributed by atoms with Crippen molar-refractivity contribution in [1.29, 1.82) is 0 Å². The number of nitrogen functional groups attached to an aromatic ring is 1. The van der Waals surface area contributed by atoms with Crippen LogP contribution in [0.3, 0.4) is 0 Å². The SMILES string of the molecule is Cc1ccc(-c2cn(-c3nc(-c4cccc(N)c4)cn4ccnc34)cn2)cc1.Cc1ccc(-c2cn(-c3nc(-c4cccc(NC(=O)Nc5ccccc5C)c4)cn4ccnc34)cn2)cc1.Cc1ccccc1N=C=O. The summed E-state index contributed by atoms with van der Waals surface area (Å²) in [6, 6.07) is 46.7. The van der Waals surface area contributed by atoms with Gasteiger partial charge >= 0.3 is 6.03 Å². The third-order valence-electron chi connectivity index (χ3n) is 12.3. The Kier molecular flexibility index (Phi) is 14.2. The van der Waals surface area contributed by atoms with Crippen molar-refractivity contribution in [1.82, 2.24) is 47.8 Å². The zero-order chi connectivity index (χ0) is 52.5. The minimum Gasteiger partial charge on any atom is -0.399 e. The van der Waals surface area contributed by atoms with E-state index in [1.807, 2.05) is 160 Å². The average Bonchev–Trinajstić information content (AvgIpc) is 4.30. The van der Waals surface area contributed by atoms with Gasteiger partial charge in [-0.15, -0.1) is 0 Å². The number of rotatable bonds is 9. The predicted octanol–water partition coefficient (Wildman–Crippen LogP) is 12.6. The van der Waals surface area contributed by atoms with Crippen LogP contribution in [0, 0.1) is 27.7 Å². The first-order valence-electron chi connectivity index (χ1n) is 24.2. The number of benzene rings is 6. The maximum atomic E-state index is 12.6. The monoisotopic (exact) mass is 998 g/mol. The van der Waals surface area contributed by atoms with E-state index in [1.165, 1.54) is 17.2 Å². The van der Waals surface area contributed by atoms with Gasteiger partial charge in [-0.05, 0) is 75.2 Å². The molecule has 12 rings (SSSR count). The van der Waals surface area contributed by atoms with E-state index in [1.54, 1.807) is 31.1 Å². The van der Waals surface area contributed by atoms with E-state index in [0.717, 1.165) is 73.3 Å². The van der Waals surface area contributed by atoms with Crippen LogP contribution >= 0.6 is 0 Å². The number of aliphatic imine (C=N–C) groups is 1. The molecule has 0 spiro atoms. The molecule has 0 saturated heterocycles. The van der Waals surface area contributed by atoms with Crippen molar-refractivity contribution >= 4 is 46.2 Å². The summed E-state index contributed by atoms with van der Waals surface area (Å²) >= 11 is 0. The first kappa shape index (κ1) is 49.0. The maximum absolute atomic E-state index is 12.6. The molecule has 0 bridgehead atoms. The lowest BCUT2D eigenvalue weighted by Crippen LogP contribution is -2.19. The Labute approximate surface area is 437 Å². The van der Waals surface area contributed by atoms with Crippen LogP contribution in [0.4, 0.5) is 27.5 Å². The van der Waals surface area contributed by atoms with Crippen molar-refractivity contribution in [2.45, 2.75) is 27.7 Å². The molecule has 0 aliphatic carbocycles. The molecular formula is C60H50N14O2. The third kappa shape index (κ3) is 11.2. The van der Waals surface area contributed by atoms with Gasteiger partial charge in [0, 0.05) is 88.9 Å². The molecule has 4 N–H and O–H groups in total. The summed E-state index contributed by atoms with van der Waals surface area (Å²) in [5.74, 6) is 1.38. The average molecular weight is 999 g/mol. The number of nitrogens with one attached hydrogen (secondary N) is 2. The molecule has 6 aromatic heterocycles. The molecule has 6 heterocycles. The molecule has 0 atom stereocenters. The number of fused-ring (bicyclic) bond motifs is 2. The largest absolute Gasteiger partial charge is 0.399 e. The number of carbonyl (C=O) groups is 1. The smallest absolute Gasteiger partial charge is 0.323 e. The molecule has 0 aliphatic heterocycles. The summed E-state index contributed by atoms with van der Waals surface area (Å²) in [5, 5.41) is 5.82. The van der Waals surface area contributed by atoms with E-state index >= 15 is 0 Å². The minimum atomic E-state index is -0.308. The van der Waals surface area contributed by atoms with Crippen LogP contribution in [0.15, 0.2) is 213 Å². The molecule has 16 nitrogen and oxygen atoms in total. The zero-order valence-electron chi connectivity index (χ0n) is 41.9. The predicted molar refractivity (Wildman–Crippen MR) is 299 cm³/mol. The summed E-state index contributed by atoms with van der Waals surface area (Å²) in [6.07, 6.45) is 20.2. The Morgan fingerprint density at radius 3 is 1.59 bits per heavy atom. The van der Waals surface area contributed by atoms with Gasteiger partial charge in [0.2, 0.25) is 6.08 Å². The second-order valence-electron chi connectivity index (χ2n) is 17.9. The number of hydrogen-bond acceptors (Lipinski definition) is 10. The van der Waals surface area contributed by atoms with E-state index in [4.69, 9.17) is 15.7 Å². The van der Waals surface area contributed by atoms with Crippen molar-refractivity contribution < 1.29 is 9.59 Å². The fraction of sp³-hybridized carbons (Fsp3) is 0.0667. The maximum Gasteiger partial charge on any atom is 0.323 e. The highest BCUT2D eigenvalue weighted by molar-refractivity contribution is 6.00. The number of amides is 2. The van der Waals surface area contributed by atoms with Gasteiger partial charge in [0.05, 0.1) is 28.5 Å². The van der Waals surface area contributed by atoms with E-state index in [0.29, 0.717) is 28.5 Å². The first-order valence-corrected chi connectivity index (χ1v) is 24.2. The molecule has 12 aromatic rings. The second-order valence-corrected chi connectivity index (χ2v) is 17.9. The first-order chi connectivity index (χ1) is 37.0. The topological polar surface area (TPSA) is 193 Å². The molecule has 0 saturated carbocycles. The van der Waals surface area contributed by atoms with E-state index in [2.05, 4.69) is 97.9 Å². The molecule has 372 valence electrons. The van der Waals surface area contributed by atoms with Crippen molar-refractivity contribution in [2.75, 3.05) is 16.4 Å². The number of aryl methyl sites for hydroxylation is 4. The lowest BCUT2D eigenvalue weighted by atomic mass is 10.1. The van der Waals surface area contributed by atoms with Crippen LogP contribution in [-0.4, -0.2) is 60.0 Å². The Morgan fingerprint density at radius 1 is 0.526 bits per heavy atom. The van der Waals surface area contributed by atoms with Crippen LogP contribution in [0.5, 0.6) is 0 Å². The van der Waals surface area contributed by atoms with Crippen molar-refractivity contribution in [3.8, 4) is 56.7 Å². The molecular weight excluding hydrogens is 949 g/mol. The van der Waals surface area contributed by atoms with Gasteiger partial charge in [0.25, 0.3) is 0 Å². The summed E-state index contributed by atoms with van der Waals surface area (Å²) in [4.78, 5) is 53.9. The van der Waals surface area contributed by atoms with Gasteiger partial charge in [-0.3, -0.25) is 9.13 Å². The van der Waals surface area contributed by atoms with Gasteiger partial charge in [-0.1, -0.05) is 120 Å². The Hall–Kier alpha value is -10.6. The molecule has 0 aliphatic rings. The highest BCUT2D eigenvalue weighted by Crippen LogP contribution is 2.28. The number of para-hydroxylation sites is 2. The molecule has 76 heavy (non-hydrogen) atoms. The molecule has 6 aromatic carbocycles. The summed E-state index contributed by atoms with van der Waals surface area (Å²) < 4.78 is 7.70. The zero-order valence-corrected chi connectivity index (χ0v) is 41.9. The number of nitrogens with two attached hydrogens (primary N) is 1. The number of imidazole rings is 4. The van der Waals surface area contributed by atoms with Gasteiger partial charge < -0.3 is 25.2 Å². The van der Waals surface area contributed by atoms with E-state index in [9.17, 15) is 9.59 Å². The van der Waals surface area contributed by atoms with Gasteiger partial charge in [-0.25, -0.2) is 39.5 Å². The van der Waals surface area contributed by atoms with Gasteiger partial charge in [0.15, 0.2) is 22.9 Å². The highest BCUT2D eigenvalue weighted by Gasteiger charge is 2.16. The molecule has 2 amide bonds. The van der Waals surface area contributed by atoms with Crippen molar-refractivity contribution in [2.24, 2.45) is 4.99 Å². The highest BCUT2D eigenvalue weighted by atomic mass is 16.2. The summed E-state index contributed by atoms with van der Waals surface area (Å²) in [5.41, 5.74) is 21.9. The minimum absolute atomic E-state index is 0.308. The number of aromatic nitrogens is 10. The molecule has 0 radical (unpaired) electrons. The van der Waals surface area contributed by atoms with Crippen LogP contribution in [-0.2, 0) is 4.79 Å². The van der Waals surface area contributed by atoms with Gasteiger partial charge in [0.1, 0.15) is 12.7 Å². The van der Waals surface area contributed by atoms with Crippen molar-refractivity contribution in [3.63, 3.8) is 0 Å². The normalized spacial score (nSPS) is 10.7. The summed E-state index contributed by atoms with van der Waals surface area (Å²) in [7, 11) is 0. The third-order valence-corrected chi connectivity index (χ3v) is 12.3. The van der Waals surface area contributed by atoms with Crippen molar-refractivity contribution in [3.05, 3.63) is 230 Å². The molecule has 0 fully saturated rings. The fourth-order valence-corrected chi connectivity index (χ4v) is 8.27. The lowest BCUT2D eigenvalue weighted by molar-refractivity contribution is 0.262. The summed E-state index contributed by atoms with van der Waals surface area (Å²) in [6.45, 7) is 7.99. The molecule has 0 unspecified atom stereocenters. The quantitative estimate of drug-likeness (QED) is 0.0717. The lowest BCUT2D eigenvalue weighted by Gasteiger charge is -2.11. The fourth-order valence-electron chi connectivity index (χ4n) is 8.27. The van der Waals surface area contributed by atoms with E-state index < -0.39 is 0 Å². The number of urea groups is 1. The number of carbonyl (C=O) groups excluding carboxylic acids is 2. The number of anilines is 3. The van der Waals surface area contributed by atoms with Crippen LogP contribution in [0.2, 0.25) is 0 Å². The van der Waals surface area contributed by atoms with Gasteiger partial charge in [-0.2, -0.15) is 4.99 Å². The standard InChI is InChI=1S/C30H25N7O.C22H18N6.C8H7NO/c1-20-10-12-22(13-11-20)26-17-37(19-32-26)29-28-31-14-15-36(28)18-27(34-29)23-7-5-8-24(16-23)33-30(38)35-25-9-4-3-6-21(25)2;1-15-5-7-16(8-6-15)19-12-28(14-25-19)22-21-24-9-10-27(21)13-20(26-22)17-3-2-4-18(23)11-17;1-7-4-2-3-5-8(7)9-6-10/h3-19H,1-2H3,(H2,33,35,38);2-14H,23H2,1H3;2-5H,1H3. The Bertz CT molecular complexity index is 4050. The number of nitrogens with zero attached hydrogens (tertiary/aromatic N) is 11. The number of hydrogen-bond donors (Lipinski definition) is 3. The second kappa shape index (κ2) is 22.0. The molecule has 16 heteroatoms. The van der Waals surface area contributed by atoms with Crippen LogP contribution in [0.1, 0.15) is 22.3 Å². The number of isocyanates is 1. The Balaban J connectivity index is 0.000000151. The van der Waals surface area contributed by atoms with Crippen LogP contribution < -0.4 is 16.4 Å². The van der Waals surface area contributed by atoms with E-state index in [-0.39, 0.29) is 6.03 Å².